The fourth-order valence-electron chi connectivity index (χ4n) is 5.01. The van der Waals surface area contributed by atoms with E-state index in [9.17, 15) is 19.5 Å². The highest BCUT2D eigenvalue weighted by atomic mass is 32.1. The lowest BCUT2D eigenvalue weighted by atomic mass is 9.97. The standard InChI is InChI=1S/C26H25N3O5S/c30-22(29-26(23(31)32)11-5-6-12-26)13-16-15-35-24(27-16)28-25(33)34-14-21-19-9-3-1-7-17(19)18-8-2-4-10-20(18)21/h1-4,7-10,15,21H,5-6,11-14H2,(H,29,30)(H,31,32)(H,27,28,33). The topological polar surface area (TPSA) is 118 Å². The second-order valence-corrected chi connectivity index (χ2v) is 9.77. The molecule has 2 aliphatic rings. The third kappa shape index (κ3) is 4.64. The van der Waals surface area contributed by atoms with Gasteiger partial charge in [0.05, 0.1) is 12.1 Å². The third-order valence-electron chi connectivity index (χ3n) is 6.69. The molecule has 35 heavy (non-hydrogen) atoms. The van der Waals surface area contributed by atoms with Crippen LogP contribution >= 0.6 is 11.3 Å². The summed E-state index contributed by atoms with van der Waals surface area (Å²) in [5.74, 6) is -1.44. The fourth-order valence-corrected chi connectivity index (χ4v) is 5.71. The summed E-state index contributed by atoms with van der Waals surface area (Å²) >= 11 is 1.18. The number of nitrogens with one attached hydrogen (secondary N) is 2. The molecule has 9 heteroatoms. The Balaban J connectivity index is 1.17. The number of carbonyl (C=O) groups excluding carboxylic acids is 2. The molecule has 0 radical (unpaired) electrons. The van der Waals surface area contributed by atoms with Gasteiger partial charge in [-0.2, -0.15) is 0 Å². The maximum Gasteiger partial charge on any atom is 0.413 e. The van der Waals surface area contributed by atoms with Gasteiger partial charge in [-0.15, -0.1) is 11.3 Å². The Kier molecular flexibility index (Phi) is 6.25. The molecule has 3 aromatic rings. The van der Waals surface area contributed by atoms with E-state index in [-0.39, 0.29) is 18.9 Å². The number of carbonyl (C=O) groups is 3. The molecular weight excluding hydrogens is 466 g/mol. The van der Waals surface area contributed by atoms with Crippen molar-refractivity contribution in [3.05, 3.63) is 70.7 Å². The number of hydrogen-bond donors (Lipinski definition) is 3. The highest BCUT2D eigenvalue weighted by Gasteiger charge is 2.42. The summed E-state index contributed by atoms with van der Waals surface area (Å²) in [6.45, 7) is 0.192. The first-order valence-electron chi connectivity index (χ1n) is 11.6. The SMILES string of the molecule is O=C(Cc1csc(NC(=O)OCC2c3ccccc3-c3ccccc32)n1)NC1(C(=O)O)CCCC1. The summed E-state index contributed by atoms with van der Waals surface area (Å²) in [4.78, 5) is 40.8. The number of aromatic nitrogens is 1. The van der Waals surface area contributed by atoms with Crippen molar-refractivity contribution >= 4 is 34.4 Å². The monoisotopic (exact) mass is 491 g/mol. The van der Waals surface area contributed by atoms with Crippen LogP contribution in [0.15, 0.2) is 53.9 Å². The summed E-state index contributed by atoms with van der Waals surface area (Å²) in [5.41, 5.74) is 3.84. The van der Waals surface area contributed by atoms with E-state index in [2.05, 4.69) is 39.9 Å². The zero-order valence-corrected chi connectivity index (χ0v) is 19.8. The molecule has 2 aromatic carbocycles. The molecule has 5 rings (SSSR count). The van der Waals surface area contributed by atoms with Crippen LogP contribution in [0.5, 0.6) is 0 Å². The van der Waals surface area contributed by atoms with Crippen LogP contribution in [0.2, 0.25) is 0 Å². The number of anilines is 1. The lowest BCUT2D eigenvalue weighted by Crippen LogP contribution is -2.52. The first kappa shape index (κ1) is 23.0. The average molecular weight is 492 g/mol. The number of amides is 2. The van der Waals surface area contributed by atoms with E-state index in [0.717, 1.165) is 35.1 Å². The van der Waals surface area contributed by atoms with E-state index in [1.54, 1.807) is 5.38 Å². The van der Waals surface area contributed by atoms with Gasteiger partial charge in [-0.3, -0.25) is 10.1 Å². The molecule has 1 fully saturated rings. The van der Waals surface area contributed by atoms with Crippen molar-refractivity contribution in [1.29, 1.82) is 0 Å². The van der Waals surface area contributed by atoms with Gasteiger partial charge in [-0.05, 0) is 35.1 Å². The molecule has 0 atom stereocenters. The Morgan fingerprint density at radius 3 is 2.29 bits per heavy atom. The predicted molar refractivity (Wildman–Crippen MR) is 131 cm³/mol. The lowest BCUT2D eigenvalue weighted by molar-refractivity contribution is -0.147. The van der Waals surface area contributed by atoms with Crippen molar-refractivity contribution in [3.8, 4) is 11.1 Å². The number of aliphatic carboxylic acids is 1. The summed E-state index contributed by atoms with van der Waals surface area (Å²) in [5, 5.41) is 16.8. The molecule has 0 saturated heterocycles. The molecule has 0 spiro atoms. The minimum Gasteiger partial charge on any atom is -0.480 e. The van der Waals surface area contributed by atoms with Crippen LogP contribution in [0.25, 0.3) is 11.1 Å². The van der Waals surface area contributed by atoms with Crippen molar-refractivity contribution < 1.29 is 24.2 Å². The van der Waals surface area contributed by atoms with E-state index in [4.69, 9.17) is 4.74 Å². The molecule has 0 aliphatic heterocycles. The number of fused-ring (bicyclic) bond motifs is 3. The van der Waals surface area contributed by atoms with Crippen molar-refractivity contribution in [2.45, 2.75) is 43.6 Å². The molecular formula is C26H25N3O5S. The number of thiazole rings is 1. The van der Waals surface area contributed by atoms with Crippen LogP contribution in [0.3, 0.4) is 0 Å². The van der Waals surface area contributed by atoms with Crippen molar-refractivity contribution in [2.75, 3.05) is 11.9 Å². The maximum absolute atomic E-state index is 12.5. The molecule has 2 amide bonds. The van der Waals surface area contributed by atoms with E-state index in [0.29, 0.717) is 23.7 Å². The molecule has 0 bridgehead atoms. The molecule has 2 aliphatic carbocycles. The smallest absolute Gasteiger partial charge is 0.413 e. The van der Waals surface area contributed by atoms with E-state index >= 15 is 0 Å². The van der Waals surface area contributed by atoms with Gasteiger partial charge in [-0.1, -0.05) is 61.4 Å². The summed E-state index contributed by atoms with van der Waals surface area (Å²) in [6.07, 6.45) is 1.74. The Hall–Kier alpha value is -3.72. The van der Waals surface area contributed by atoms with E-state index in [1.165, 1.54) is 11.3 Å². The number of rotatable bonds is 7. The summed E-state index contributed by atoms with van der Waals surface area (Å²) in [7, 11) is 0. The zero-order chi connectivity index (χ0) is 24.4. The van der Waals surface area contributed by atoms with Gasteiger partial charge in [-0.25, -0.2) is 14.6 Å². The van der Waals surface area contributed by atoms with Crippen molar-refractivity contribution in [2.24, 2.45) is 0 Å². The number of carboxylic acid groups (broad SMARTS) is 1. The highest BCUT2D eigenvalue weighted by Crippen LogP contribution is 2.44. The van der Waals surface area contributed by atoms with Gasteiger partial charge in [0.25, 0.3) is 0 Å². The molecule has 8 nitrogen and oxygen atoms in total. The first-order chi connectivity index (χ1) is 16.9. The maximum atomic E-state index is 12.5. The van der Waals surface area contributed by atoms with Gasteiger partial charge < -0.3 is 15.2 Å². The minimum absolute atomic E-state index is 0.0409. The fraction of sp³-hybridized carbons (Fsp3) is 0.308. The van der Waals surface area contributed by atoms with Gasteiger partial charge in [0.2, 0.25) is 5.91 Å². The van der Waals surface area contributed by atoms with Crippen LogP contribution < -0.4 is 10.6 Å². The number of hydrogen-bond acceptors (Lipinski definition) is 6. The molecule has 1 saturated carbocycles. The van der Waals surface area contributed by atoms with Crippen molar-refractivity contribution in [3.63, 3.8) is 0 Å². The van der Waals surface area contributed by atoms with E-state index in [1.807, 2.05) is 24.3 Å². The molecule has 1 aromatic heterocycles. The second kappa shape index (κ2) is 9.50. The van der Waals surface area contributed by atoms with Gasteiger partial charge in [0.1, 0.15) is 12.1 Å². The van der Waals surface area contributed by atoms with Crippen LogP contribution in [-0.2, 0) is 20.7 Å². The normalized spacial score (nSPS) is 15.8. The molecule has 180 valence electrons. The van der Waals surface area contributed by atoms with Crippen LogP contribution in [0, 0.1) is 0 Å². The van der Waals surface area contributed by atoms with Gasteiger partial charge in [0.15, 0.2) is 5.13 Å². The number of carboxylic acids is 1. The highest BCUT2D eigenvalue weighted by molar-refractivity contribution is 7.13. The van der Waals surface area contributed by atoms with Crippen molar-refractivity contribution in [1.82, 2.24) is 10.3 Å². The van der Waals surface area contributed by atoms with Gasteiger partial charge in [0, 0.05) is 11.3 Å². The van der Waals surface area contributed by atoms with Crippen LogP contribution in [0.1, 0.15) is 48.4 Å². The minimum atomic E-state index is -1.19. The summed E-state index contributed by atoms with van der Waals surface area (Å²) < 4.78 is 5.53. The lowest BCUT2D eigenvalue weighted by Gasteiger charge is -2.25. The Morgan fingerprint density at radius 2 is 1.66 bits per heavy atom. The van der Waals surface area contributed by atoms with E-state index < -0.39 is 23.5 Å². The molecule has 3 N–H and O–H groups in total. The molecule has 1 heterocycles. The Bertz CT molecular complexity index is 1240. The first-order valence-corrected chi connectivity index (χ1v) is 12.4. The number of ether oxygens (including phenoxy) is 1. The Morgan fingerprint density at radius 1 is 1.03 bits per heavy atom. The number of benzene rings is 2. The summed E-state index contributed by atoms with van der Waals surface area (Å²) in [6, 6.07) is 16.2. The third-order valence-corrected chi connectivity index (χ3v) is 7.50. The quantitative estimate of drug-likeness (QED) is 0.446. The Labute approximate surface area is 206 Å². The zero-order valence-electron chi connectivity index (χ0n) is 19.0. The second-order valence-electron chi connectivity index (χ2n) is 8.91. The largest absolute Gasteiger partial charge is 0.480 e. The average Bonchev–Trinajstić information content (AvgIpc) is 3.56. The number of nitrogens with zero attached hydrogens (tertiary/aromatic N) is 1. The molecule has 0 unspecified atom stereocenters. The predicted octanol–water partition coefficient (Wildman–Crippen LogP) is 4.56. The van der Waals surface area contributed by atoms with Crippen LogP contribution in [0.4, 0.5) is 9.93 Å². The van der Waals surface area contributed by atoms with Gasteiger partial charge >= 0.3 is 12.1 Å². The van der Waals surface area contributed by atoms with Crippen LogP contribution in [-0.4, -0.2) is 40.2 Å².